The van der Waals surface area contributed by atoms with Crippen LogP contribution in [-0.4, -0.2) is 130 Å². The van der Waals surface area contributed by atoms with Crippen molar-refractivity contribution in [3.63, 3.8) is 0 Å². The summed E-state index contributed by atoms with van der Waals surface area (Å²) >= 11 is 19.9. The molecule has 4 aliphatic rings. The maximum atomic E-state index is 13.8. The highest BCUT2D eigenvalue weighted by atomic mass is 35.5. The molecule has 1 aromatic heterocycles. The van der Waals surface area contributed by atoms with Gasteiger partial charge in [-0.3, -0.25) is 28.9 Å². The number of hydrazine groups is 2. The molecule has 5 heterocycles. The molecule has 0 radical (unpaired) electrons. The fraction of sp³-hybridized carbons (Fsp3) is 0.242. The van der Waals surface area contributed by atoms with E-state index in [1.54, 1.807) is 13.0 Å². The number of β-lactam (4-membered cyclic amide) rings is 1. The SMILES string of the molecule is CC1=NC2=CN(C(=O)O)NN2C(SCC2=C(C(=O)O)N3C(=O)[C@@H](NC(=O)/C(=N\OC(=O)c4cc(OC(=O)CCl)c(OC(=O)CCl)c(OC(=O)CCl)c4)c4csc(N)n4)[C@H]3SC2)=C1. The molecule has 4 aliphatic heterocycles. The summed E-state index contributed by atoms with van der Waals surface area (Å²) < 4.78 is 15.2. The highest BCUT2D eigenvalue weighted by molar-refractivity contribution is 8.03. The molecule has 0 bridgehead atoms. The van der Waals surface area contributed by atoms with Crippen LogP contribution < -0.4 is 30.8 Å². The molecule has 1 aromatic carbocycles. The first kappa shape index (κ1) is 45.6. The van der Waals surface area contributed by atoms with E-state index in [0.717, 1.165) is 45.1 Å². The molecule has 29 heteroatoms. The van der Waals surface area contributed by atoms with Gasteiger partial charge >= 0.3 is 35.9 Å². The van der Waals surface area contributed by atoms with E-state index in [4.69, 9.17) is 59.6 Å². The zero-order valence-electron chi connectivity index (χ0n) is 31.0. The summed E-state index contributed by atoms with van der Waals surface area (Å²) in [6.45, 7) is 1.70. The first-order chi connectivity index (χ1) is 29.5. The number of allylic oxidation sites excluding steroid dienone is 1. The number of carboxylic acids is 1. The van der Waals surface area contributed by atoms with Gasteiger partial charge in [0, 0.05) is 22.6 Å². The van der Waals surface area contributed by atoms with E-state index in [1.165, 1.54) is 28.4 Å². The number of nitrogens with one attached hydrogen (secondary N) is 2. The van der Waals surface area contributed by atoms with Crippen LogP contribution >= 0.6 is 69.7 Å². The topological polar surface area (TPSA) is 311 Å². The number of nitrogens with two attached hydrogens (primary N) is 1. The number of hydrogen-bond acceptors (Lipinski definition) is 21. The Labute approximate surface area is 374 Å². The van der Waals surface area contributed by atoms with E-state index < -0.39 is 105 Å². The molecule has 0 spiro atoms. The zero-order chi connectivity index (χ0) is 45.0. The number of alkyl halides is 3. The Hall–Kier alpha value is -5.90. The molecule has 0 saturated carbocycles. The lowest BCUT2D eigenvalue weighted by Crippen LogP contribution is -2.71. The van der Waals surface area contributed by atoms with Crippen LogP contribution in [0.5, 0.6) is 17.2 Å². The average molecular weight is 975 g/mol. The van der Waals surface area contributed by atoms with Gasteiger partial charge in [0.1, 0.15) is 40.4 Å². The summed E-state index contributed by atoms with van der Waals surface area (Å²) in [4.78, 5) is 116. The summed E-state index contributed by atoms with van der Waals surface area (Å²) in [6.07, 6.45) is 1.65. The first-order valence-electron chi connectivity index (χ1n) is 16.9. The van der Waals surface area contributed by atoms with Crippen molar-refractivity contribution in [1.82, 2.24) is 30.8 Å². The maximum Gasteiger partial charge on any atom is 0.427 e. The van der Waals surface area contributed by atoms with E-state index in [1.807, 2.05) is 0 Å². The second-order valence-corrected chi connectivity index (χ2v) is 16.0. The number of thiazole rings is 1. The van der Waals surface area contributed by atoms with Crippen LogP contribution in [0.3, 0.4) is 0 Å². The third-order valence-corrected chi connectivity index (χ3v) is 11.9. The summed E-state index contributed by atoms with van der Waals surface area (Å²) in [7, 11) is 0. The molecule has 6 rings (SSSR count). The lowest BCUT2D eigenvalue weighted by Gasteiger charge is -2.49. The summed E-state index contributed by atoms with van der Waals surface area (Å²) in [5.41, 5.74) is 7.64. The normalized spacial score (nSPS) is 18.1. The molecule has 0 unspecified atom stereocenters. The lowest BCUT2D eigenvalue weighted by atomic mass is 10.0. The van der Waals surface area contributed by atoms with Gasteiger partial charge in [-0.05, 0) is 30.7 Å². The van der Waals surface area contributed by atoms with E-state index in [2.05, 4.69) is 26.0 Å². The molecule has 1 fully saturated rings. The summed E-state index contributed by atoms with van der Waals surface area (Å²) in [5.74, 6) is -11.5. The third-order valence-electron chi connectivity index (χ3n) is 8.11. The van der Waals surface area contributed by atoms with Crippen LogP contribution in [0.25, 0.3) is 0 Å². The number of carbonyl (C=O) groups excluding carboxylic acids is 6. The van der Waals surface area contributed by atoms with Gasteiger partial charge in [0.15, 0.2) is 28.2 Å². The number of fused-ring (bicyclic) bond motifs is 2. The van der Waals surface area contributed by atoms with Gasteiger partial charge in [-0.2, -0.15) is 5.01 Å². The molecule has 0 aliphatic carbocycles. The molecule has 3 amide bonds. The number of halogens is 3. The van der Waals surface area contributed by atoms with Gasteiger partial charge in [0.2, 0.25) is 5.75 Å². The number of benzene rings is 1. The van der Waals surface area contributed by atoms with Gasteiger partial charge in [0.25, 0.3) is 11.8 Å². The minimum Gasteiger partial charge on any atom is -0.477 e. The highest BCUT2D eigenvalue weighted by Crippen LogP contribution is 2.43. The predicted octanol–water partition coefficient (Wildman–Crippen LogP) is 2.02. The van der Waals surface area contributed by atoms with Gasteiger partial charge in [-0.15, -0.1) is 75.2 Å². The van der Waals surface area contributed by atoms with Crippen LogP contribution in [-0.2, 0) is 33.6 Å². The Bertz CT molecular complexity index is 2420. The Kier molecular flexibility index (Phi) is 14.3. The molecule has 23 nitrogen and oxygen atoms in total. The Morgan fingerprint density at radius 2 is 1.68 bits per heavy atom. The second-order valence-electron chi connectivity index (χ2n) is 12.2. The zero-order valence-corrected chi connectivity index (χ0v) is 35.7. The Morgan fingerprint density at radius 1 is 1.03 bits per heavy atom. The molecule has 2 atom stereocenters. The quantitative estimate of drug-likeness (QED) is 0.0324. The third kappa shape index (κ3) is 9.90. The molecular formula is C33H26Cl3N9O14S3. The average Bonchev–Trinajstić information content (AvgIpc) is 3.88. The maximum absolute atomic E-state index is 13.8. The number of aliphatic carboxylic acids is 1. The Balaban J connectivity index is 1.21. The number of thioether (sulfide) groups is 2. The van der Waals surface area contributed by atoms with Crippen LogP contribution in [0, 0.1) is 0 Å². The van der Waals surface area contributed by atoms with Gasteiger partial charge in [0.05, 0.1) is 16.8 Å². The number of amides is 3. The number of nitrogen functional groups attached to an aromatic ring is 1. The van der Waals surface area contributed by atoms with E-state index in [-0.39, 0.29) is 33.8 Å². The van der Waals surface area contributed by atoms with Crippen LogP contribution in [0.1, 0.15) is 23.0 Å². The summed E-state index contributed by atoms with van der Waals surface area (Å²) in [5, 5.41) is 28.9. The van der Waals surface area contributed by atoms with Crippen LogP contribution in [0.15, 0.2) is 62.1 Å². The number of rotatable bonds is 15. The number of anilines is 1. The Morgan fingerprint density at radius 3 is 2.26 bits per heavy atom. The smallest absolute Gasteiger partial charge is 0.427 e. The van der Waals surface area contributed by atoms with Crippen LogP contribution in [0.2, 0.25) is 0 Å². The highest BCUT2D eigenvalue weighted by Gasteiger charge is 2.54. The minimum atomic E-state index is -1.41. The van der Waals surface area contributed by atoms with Gasteiger partial charge < -0.3 is 40.3 Å². The minimum absolute atomic E-state index is 0.0285. The largest absolute Gasteiger partial charge is 0.477 e. The number of carbonyl (C=O) groups is 8. The van der Waals surface area contributed by atoms with E-state index in [9.17, 15) is 48.6 Å². The van der Waals surface area contributed by atoms with Crippen molar-refractivity contribution in [1.29, 1.82) is 0 Å². The van der Waals surface area contributed by atoms with Crippen molar-refractivity contribution < 1.29 is 67.6 Å². The molecular weight excluding hydrogens is 949 g/mol. The predicted molar refractivity (Wildman–Crippen MR) is 220 cm³/mol. The number of aromatic nitrogens is 1. The fourth-order valence-corrected chi connectivity index (χ4v) is 8.82. The number of esters is 3. The van der Waals surface area contributed by atoms with Crippen molar-refractivity contribution in [2.75, 3.05) is 34.9 Å². The van der Waals surface area contributed by atoms with Gasteiger partial charge in [-0.25, -0.2) is 29.4 Å². The number of ether oxygens (including phenoxy) is 3. The van der Waals surface area contributed by atoms with Gasteiger partial charge in [-0.1, -0.05) is 5.16 Å². The lowest BCUT2D eigenvalue weighted by molar-refractivity contribution is -0.150. The second kappa shape index (κ2) is 19.4. The molecule has 326 valence electrons. The molecule has 62 heavy (non-hydrogen) atoms. The molecule has 1 saturated heterocycles. The molecule has 6 N–H and O–H groups in total. The van der Waals surface area contributed by atoms with Crippen molar-refractivity contribution in [3.8, 4) is 17.2 Å². The summed E-state index contributed by atoms with van der Waals surface area (Å²) in [6, 6.07) is 0.385. The van der Waals surface area contributed by atoms with Crippen molar-refractivity contribution in [2.24, 2.45) is 10.1 Å². The number of carboxylic acid groups (broad SMARTS) is 2. The number of hydrogen-bond donors (Lipinski definition) is 5. The monoisotopic (exact) mass is 973 g/mol. The number of aliphatic imine (C=N–C) groups is 1. The fourth-order valence-electron chi connectivity index (χ4n) is 5.56. The van der Waals surface area contributed by atoms with Crippen molar-refractivity contribution in [3.05, 3.63) is 63.2 Å². The van der Waals surface area contributed by atoms with E-state index in [0.29, 0.717) is 16.3 Å². The first-order valence-corrected chi connectivity index (χ1v) is 21.4. The van der Waals surface area contributed by atoms with Crippen molar-refractivity contribution in [2.45, 2.75) is 18.3 Å². The number of nitrogens with zero attached hydrogens (tertiary/aromatic N) is 6. The number of oxime groups is 1. The van der Waals surface area contributed by atoms with Crippen LogP contribution in [0.4, 0.5) is 9.93 Å². The standard InChI is InChI=1S/C33H26Cl3N9O14S3/c1-12-2-19(45-18(38-12)8-43(42-45)33(54)55)60-9-14-10-61-29-24(28(50)44(29)25(14)30(51)52)40-27(49)23(15-11-62-32(37)39-15)41-59-31(53)13-3-16(56-20(46)5-34)26(58-22(48)7-36)17(4-13)57-21(47)6-35/h2-4,8,11,24,29,42H,5-7,9-10H2,1H3,(H2,37,39)(H,40,49)(H,51,52)(H,54,55)/b41-23-/t24-,29-/m1/s1. The molecule has 2 aromatic rings. The van der Waals surface area contributed by atoms with E-state index >= 15 is 0 Å². The van der Waals surface area contributed by atoms with Crippen molar-refractivity contribution >= 4 is 134 Å².